The van der Waals surface area contributed by atoms with E-state index >= 15 is 0 Å². The lowest BCUT2D eigenvalue weighted by atomic mass is 10.3. The Bertz CT molecular complexity index is 385. The SMILES string of the molecule is CNC(=O)c1nn(C)cc1NCC(=O)O. The summed E-state index contributed by atoms with van der Waals surface area (Å²) in [6, 6.07) is 0. The van der Waals surface area contributed by atoms with Crippen LogP contribution in [-0.2, 0) is 11.8 Å². The summed E-state index contributed by atoms with van der Waals surface area (Å²) in [6.45, 7) is -0.254. The van der Waals surface area contributed by atoms with Crippen molar-refractivity contribution in [3.05, 3.63) is 11.9 Å². The Morgan fingerprint density at radius 3 is 2.80 bits per heavy atom. The van der Waals surface area contributed by atoms with Gasteiger partial charge in [0, 0.05) is 20.3 Å². The Hall–Kier alpha value is -2.05. The zero-order valence-corrected chi connectivity index (χ0v) is 8.44. The molecule has 0 atom stereocenters. The van der Waals surface area contributed by atoms with Gasteiger partial charge >= 0.3 is 5.97 Å². The van der Waals surface area contributed by atoms with Crippen LogP contribution in [0.1, 0.15) is 10.5 Å². The van der Waals surface area contributed by atoms with Gasteiger partial charge in [0.1, 0.15) is 6.54 Å². The fourth-order valence-corrected chi connectivity index (χ4v) is 1.07. The van der Waals surface area contributed by atoms with E-state index in [4.69, 9.17) is 5.11 Å². The van der Waals surface area contributed by atoms with Crippen LogP contribution in [0.2, 0.25) is 0 Å². The van der Waals surface area contributed by atoms with Crippen molar-refractivity contribution in [3.8, 4) is 0 Å². The highest BCUT2D eigenvalue weighted by molar-refractivity contribution is 5.97. The zero-order chi connectivity index (χ0) is 11.4. The first-order chi connectivity index (χ1) is 7.04. The number of aryl methyl sites for hydroxylation is 1. The van der Waals surface area contributed by atoms with Crippen molar-refractivity contribution in [1.82, 2.24) is 15.1 Å². The smallest absolute Gasteiger partial charge is 0.322 e. The molecule has 15 heavy (non-hydrogen) atoms. The van der Waals surface area contributed by atoms with Crippen LogP contribution in [0.5, 0.6) is 0 Å². The molecule has 0 aliphatic rings. The second-order valence-corrected chi connectivity index (χ2v) is 2.89. The van der Waals surface area contributed by atoms with Gasteiger partial charge in [-0.15, -0.1) is 0 Å². The third-order valence-corrected chi connectivity index (χ3v) is 1.70. The summed E-state index contributed by atoms with van der Waals surface area (Å²) >= 11 is 0. The molecule has 0 fully saturated rings. The highest BCUT2D eigenvalue weighted by Crippen LogP contribution is 2.12. The molecule has 82 valence electrons. The number of carboxylic acid groups (broad SMARTS) is 1. The number of aliphatic carboxylic acids is 1. The fraction of sp³-hybridized carbons (Fsp3) is 0.375. The van der Waals surface area contributed by atoms with Gasteiger partial charge in [0.15, 0.2) is 5.69 Å². The molecule has 0 bridgehead atoms. The molecule has 7 heteroatoms. The van der Waals surface area contributed by atoms with E-state index in [1.54, 1.807) is 13.2 Å². The van der Waals surface area contributed by atoms with Gasteiger partial charge < -0.3 is 15.7 Å². The van der Waals surface area contributed by atoms with Gasteiger partial charge in [0.25, 0.3) is 5.91 Å². The highest BCUT2D eigenvalue weighted by atomic mass is 16.4. The number of nitrogens with zero attached hydrogens (tertiary/aromatic N) is 2. The summed E-state index contributed by atoms with van der Waals surface area (Å²) in [7, 11) is 3.14. The molecule has 0 saturated heterocycles. The maximum atomic E-state index is 11.3. The van der Waals surface area contributed by atoms with E-state index in [1.807, 2.05) is 0 Å². The van der Waals surface area contributed by atoms with Crippen LogP contribution in [0.15, 0.2) is 6.20 Å². The number of rotatable bonds is 4. The van der Waals surface area contributed by atoms with E-state index in [2.05, 4.69) is 15.7 Å². The molecule has 1 heterocycles. The minimum absolute atomic E-state index is 0.182. The lowest BCUT2D eigenvalue weighted by molar-refractivity contribution is -0.134. The second-order valence-electron chi connectivity index (χ2n) is 2.89. The molecule has 0 saturated carbocycles. The number of hydrogen-bond acceptors (Lipinski definition) is 4. The topological polar surface area (TPSA) is 96.3 Å². The van der Waals surface area contributed by atoms with Gasteiger partial charge in [-0.1, -0.05) is 0 Å². The van der Waals surface area contributed by atoms with Crippen molar-refractivity contribution in [2.45, 2.75) is 0 Å². The summed E-state index contributed by atoms with van der Waals surface area (Å²) < 4.78 is 1.44. The van der Waals surface area contributed by atoms with E-state index in [0.29, 0.717) is 5.69 Å². The summed E-state index contributed by atoms with van der Waals surface area (Å²) in [6.07, 6.45) is 1.55. The van der Waals surface area contributed by atoms with Crippen LogP contribution in [0.4, 0.5) is 5.69 Å². The predicted molar refractivity (Wildman–Crippen MR) is 52.7 cm³/mol. The molecule has 0 unspecified atom stereocenters. The second kappa shape index (κ2) is 4.45. The number of hydrogen-bond donors (Lipinski definition) is 3. The van der Waals surface area contributed by atoms with E-state index in [9.17, 15) is 9.59 Å². The molecule has 3 N–H and O–H groups in total. The van der Waals surface area contributed by atoms with Gasteiger partial charge in [-0.25, -0.2) is 0 Å². The minimum atomic E-state index is -0.998. The number of anilines is 1. The van der Waals surface area contributed by atoms with Gasteiger partial charge in [0.05, 0.1) is 5.69 Å². The third kappa shape index (κ3) is 2.70. The molecule has 1 aromatic rings. The van der Waals surface area contributed by atoms with Crippen molar-refractivity contribution >= 4 is 17.6 Å². The number of amides is 1. The van der Waals surface area contributed by atoms with Crippen molar-refractivity contribution in [2.24, 2.45) is 7.05 Å². The molecule has 0 aromatic carbocycles. The normalized spacial score (nSPS) is 9.73. The predicted octanol–water partition coefficient (Wildman–Crippen LogP) is -0.724. The Balaban J connectivity index is 2.86. The number of carbonyl (C=O) groups is 2. The monoisotopic (exact) mass is 212 g/mol. The maximum Gasteiger partial charge on any atom is 0.322 e. The lowest BCUT2D eigenvalue weighted by Crippen LogP contribution is -2.21. The van der Waals surface area contributed by atoms with Crippen molar-refractivity contribution < 1.29 is 14.7 Å². The van der Waals surface area contributed by atoms with Gasteiger partial charge in [0.2, 0.25) is 0 Å². The Kier molecular flexibility index (Phi) is 3.27. The Labute approximate surface area is 86.1 Å². The lowest BCUT2D eigenvalue weighted by Gasteiger charge is -2.01. The largest absolute Gasteiger partial charge is 0.480 e. The first-order valence-electron chi connectivity index (χ1n) is 4.26. The molecule has 7 nitrogen and oxygen atoms in total. The van der Waals surface area contributed by atoms with Gasteiger partial charge in [-0.2, -0.15) is 5.10 Å². The number of carboxylic acids is 1. The summed E-state index contributed by atoms with van der Waals surface area (Å²) in [5.41, 5.74) is 0.584. The first-order valence-corrected chi connectivity index (χ1v) is 4.26. The Morgan fingerprint density at radius 2 is 2.27 bits per heavy atom. The number of aromatic nitrogens is 2. The highest BCUT2D eigenvalue weighted by Gasteiger charge is 2.14. The fourth-order valence-electron chi connectivity index (χ4n) is 1.07. The van der Waals surface area contributed by atoms with Gasteiger partial charge in [-0.3, -0.25) is 14.3 Å². The van der Waals surface area contributed by atoms with Crippen LogP contribution in [-0.4, -0.2) is 40.4 Å². The molecule has 0 radical (unpaired) electrons. The minimum Gasteiger partial charge on any atom is -0.480 e. The molecule has 0 spiro atoms. The average Bonchev–Trinajstić information content (AvgIpc) is 2.55. The number of nitrogens with one attached hydrogen (secondary N) is 2. The van der Waals surface area contributed by atoms with Crippen molar-refractivity contribution in [1.29, 1.82) is 0 Å². The van der Waals surface area contributed by atoms with Crippen LogP contribution >= 0.6 is 0 Å². The molecule has 0 aliphatic heterocycles. The van der Waals surface area contributed by atoms with Crippen LogP contribution < -0.4 is 10.6 Å². The first kappa shape index (κ1) is 11.0. The molecule has 1 rings (SSSR count). The van der Waals surface area contributed by atoms with Gasteiger partial charge in [-0.05, 0) is 0 Å². The summed E-state index contributed by atoms with van der Waals surface area (Å²) in [4.78, 5) is 21.7. The zero-order valence-electron chi connectivity index (χ0n) is 8.44. The Morgan fingerprint density at radius 1 is 1.60 bits per heavy atom. The van der Waals surface area contributed by atoms with Crippen molar-refractivity contribution in [2.75, 3.05) is 18.9 Å². The third-order valence-electron chi connectivity index (χ3n) is 1.70. The van der Waals surface area contributed by atoms with Crippen LogP contribution in [0.25, 0.3) is 0 Å². The molecular weight excluding hydrogens is 200 g/mol. The number of carbonyl (C=O) groups excluding carboxylic acids is 1. The van der Waals surface area contributed by atoms with E-state index in [0.717, 1.165) is 0 Å². The summed E-state index contributed by atoms with van der Waals surface area (Å²) in [5, 5.41) is 17.4. The quantitative estimate of drug-likeness (QED) is 0.611. The molecule has 0 aliphatic carbocycles. The van der Waals surface area contributed by atoms with Crippen molar-refractivity contribution in [3.63, 3.8) is 0 Å². The molecule has 1 aromatic heterocycles. The maximum absolute atomic E-state index is 11.3. The molecule has 1 amide bonds. The summed E-state index contributed by atoms with van der Waals surface area (Å²) in [5.74, 6) is -1.36. The van der Waals surface area contributed by atoms with Crippen LogP contribution in [0, 0.1) is 0 Å². The molecular formula is C8H12N4O3. The van der Waals surface area contributed by atoms with E-state index in [-0.39, 0.29) is 18.1 Å². The van der Waals surface area contributed by atoms with E-state index < -0.39 is 5.97 Å². The average molecular weight is 212 g/mol. The van der Waals surface area contributed by atoms with Crippen LogP contribution in [0.3, 0.4) is 0 Å². The van der Waals surface area contributed by atoms with E-state index in [1.165, 1.54) is 11.7 Å². The standard InChI is InChI=1S/C8H12N4O3/c1-9-8(15)7-5(4-12(2)11-7)10-3-6(13)14/h4,10H,3H2,1-2H3,(H,9,15)(H,13,14).